The Balaban J connectivity index is 2.43. The van der Waals surface area contributed by atoms with Gasteiger partial charge in [0.25, 0.3) is 0 Å². The number of benzene rings is 1. The van der Waals surface area contributed by atoms with Crippen LogP contribution in [0.3, 0.4) is 0 Å². The summed E-state index contributed by atoms with van der Waals surface area (Å²) in [6, 6.07) is 9.55. The second-order valence-corrected chi connectivity index (χ2v) is 5.12. The van der Waals surface area contributed by atoms with Crippen LogP contribution >= 0.6 is 11.6 Å². The highest BCUT2D eigenvalue weighted by Crippen LogP contribution is 2.35. The molecule has 0 saturated carbocycles. The van der Waals surface area contributed by atoms with Crippen LogP contribution in [0.15, 0.2) is 54.1 Å². The lowest BCUT2D eigenvalue weighted by Crippen LogP contribution is -2.21. The fourth-order valence-corrected chi connectivity index (χ4v) is 2.17. The molecule has 2 atom stereocenters. The Kier molecular flexibility index (Phi) is 3.07. The summed E-state index contributed by atoms with van der Waals surface area (Å²) in [5.41, 5.74) is 1.29. The van der Waals surface area contributed by atoms with Crippen molar-refractivity contribution in [1.82, 2.24) is 0 Å². The predicted molar refractivity (Wildman–Crippen MR) is 68.3 cm³/mol. The molecule has 1 N–H and O–H groups in total. The molecule has 0 spiro atoms. The van der Waals surface area contributed by atoms with Gasteiger partial charge in [-0.3, -0.25) is 0 Å². The number of carboxylic acids is 1. The highest BCUT2D eigenvalue weighted by atomic mass is 35.5. The molecule has 0 radical (unpaired) electrons. The van der Waals surface area contributed by atoms with Crippen molar-refractivity contribution in [3.8, 4) is 0 Å². The van der Waals surface area contributed by atoms with Crippen molar-refractivity contribution in [2.75, 3.05) is 0 Å². The average molecular weight is 249 g/mol. The van der Waals surface area contributed by atoms with E-state index in [-0.39, 0.29) is 5.92 Å². The third kappa shape index (κ3) is 2.59. The van der Waals surface area contributed by atoms with Gasteiger partial charge in [-0.1, -0.05) is 42.5 Å². The summed E-state index contributed by atoms with van der Waals surface area (Å²) in [4.78, 5) is 10.6. The van der Waals surface area contributed by atoms with Crippen LogP contribution in [0.4, 0.5) is 0 Å². The van der Waals surface area contributed by atoms with Crippen LogP contribution < -0.4 is 0 Å². The van der Waals surface area contributed by atoms with Crippen molar-refractivity contribution in [2.24, 2.45) is 0 Å². The third-order valence-electron chi connectivity index (χ3n) is 2.79. The number of alkyl halides is 1. The first-order valence-corrected chi connectivity index (χ1v) is 5.77. The number of carbonyl (C=O) groups is 1. The van der Waals surface area contributed by atoms with E-state index in [1.54, 1.807) is 13.0 Å². The molecule has 0 aliphatic heterocycles. The molecule has 0 saturated heterocycles. The Morgan fingerprint density at radius 2 is 2.00 bits per heavy atom. The molecule has 1 aromatic carbocycles. The molecule has 2 unspecified atom stereocenters. The zero-order valence-electron chi connectivity index (χ0n) is 9.43. The topological polar surface area (TPSA) is 37.3 Å². The van der Waals surface area contributed by atoms with Crippen LogP contribution in [0.1, 0.15) is 18.4 Å². The minimum atomic E-state index is -0.921. The molecule has 1 aliphatic carbocycles. The standard InChI is InChI=1S/C14H13ClO2/c1-14(15)8-7-11(12(9-14)13(16)17)10-5-3-2-4-6-10/h2-9,11H,1H3,(H,16,17). The number of allylic oxidation sites excluding steroid dienone is 3. The summed E-state index contributed by atoms with van der Waals surface area (Å²) in [5.74, 6) is -1.14. The minimum Gasteiger partial charge on any atom is -0.478 e. The number of aliphatic carboxylic acids is 1. The quantitative estimate of drug-likeness (QED) is 0.644. The summed E-state index contributed by atoms with van der Waals surface area (Å²) >= 11 is 6.14. The van der Waals surface area contributed by atoms with E-state index in [9.17, 15) is 9.90 Å². The molecule has 88 valence electrons. The lowest BCUT2D eigenvalue weighted by molar-refractivity contribution is -0.132. The first kappa shape index (κ1) is 11.9. The van der Waals surface area contributed by atoms with E-state index >= 15 is 0 Å². The second-order valence-electron chi connectivity index (χ2n) is 4.30. The molecular formula is C14H13ClO2. The zero-order chi connectivity index (χ0) is 12.5. The summed E-state index contributed by atoms with van der Waals surface area (Å²) in [6.07, 6.45) is 5.29. The molecule has 1 aromatic rings. The van der Waals surface area contributed by atoms with E-state index in [4.69, 9.17) is 11.6 Å². The lowest BCUT2D eigenvalue weighted by Gasteiger charge is -2.24. The van der Waals surface area contributed by atoms with Crippen molar-refractivity contribution in [1.29, 1.82) is 0 Å². The normalized spacial score (nSPS) is 27.6. The lowest BCUT2D eigenvalue weighted by atomic mass is 9.84. The van der Waals surface area contributed by atoms with Crippen molar-refractivity contribution in [3.05, 3.63) is 59.7 Å². The Bertz CT molecular complexity index is 486. The number of halogens is 1. The maximum Gasteiger partial charge on any atom is 0.332 e. The van der Waals surface area contributed by atoms with E-state index in [2.05, 4.69) is 0 Å². The molecule has 0 heterocycles. The highest BCUT2D eigenvalue weighted by molar-refractivity contribution is 6.27. The molecule has 0 fully saturated rings. The van der Waals surface area contributed by atoms with Crippen LogP contribution in [0.2, 0.25) is 0 Å². The fraction of sp³-hybridized carbons (Fsp3) is 0.214. The van der Waals surface area contributed by atoms with Crippen molar-refractivity contribution >= 4 is 17.6 Å². The summed E-state index contributed by atoms with van der Waals surface area (Å²) < 4.78 is 0. The molecule has 17 heavy (non-hydrogen) atoms. The summed E-state index contributed by atoms with van der Waals surface area (Å²) in [6.45, 7) is 1.77. The number of rotatable bonds is 2. The minimum absolute atomic E-state index is 0.222. The van der Waals surface area contributed by atoms with Gasteiger partial charge in [0.1, 0.15) is 0 Å². The van der Waals surface area contributed by atoms with Gasteiger partial charge >= 0.3 is 5.97 Å². The van der Waals surface area contributed by atoms with Crippen LogP contribution in [0.5, 0.6) is 0 Å². The smallest absolute Gasteiger partial charge is 0.332 e. The van der Waals surface area contributed by atoms with Crippen LogP contribution in [0, 0.1) is 0 Å². The highest BCUT2D eigenvalue weighted by Gasteiger charge is 2.28. The molecule has 0 bridgehead atoms. The van der Waals surface area contributed by atoms with E-state index in [0.29, 0.717) is 5.57 Å². The molecule has 2 nitrogen and oxygen atoms in total. The van der Waals surface area contributed by atoms with Crippen molar-refractivity contribution in [3.63, 3.8) is 0 Å². The number of carboxylic acid groups (broad SMARTS) is 1. The number of hydrogen-bond donors (Lipinski definition) is 1. The molecular weight excluding hydrogens is 236 g/mol. The van der Waals surface area contributed by atoms with E-state index in [1.807, 2.05) is 42.5 Å². The second kappa shape index (κ2) is 4.38. The van der Waals surface area contributed by atoms with Crippen LogP contribution in [0.25, 0.3) is 0 Å². The SMILES string of the molecule is CC1(Cl)C=CC(c2ccccc2)C(C(=O)O)=C1. The Labute approximate surface area is 105 Å². The van der Waals surface area contributed by atoms with Gasteiger partial charge in [-0.2, -0.15) is 0 Å². The monoisotopic (exact) mass is 248 g/mol. The molecule has 2 rings (SSSR count). The number of hydrogen-bond acceptors (Lipinski definition) is 1. The van der Waals surface area contributed by atoms with E-state index in [0.717, 1.165) is 5.56 Å². The van der Waals surface area contributed by atoms with Gasteiger partial charge in [0.05, 0.1) is 4.87 Å². The van der Waals surface area contributed by atoms with Gasteiger partial charge in [0.15, 0.2) is 0 Å². The largest absolute Gasteiger partial charge is 0.478 e. The van der Waals surface area contributed by atoms with Crippen LogP contribution in [-0.4, -0.2) is 16.0 Å². The van der Waals surface area contributed by atoms with E-state index in [1.165, 1.54) is 0 Å². The van der Waals surface area contributed by atoms with E-state index < -0.39 is 10.8 Å². The first-order valence-electron chi connectivity index (χ1n) is 5.39. The predicted octanol–water partition coefficient (Wildman–Crippen LogP) is 3.35. The molecule has 3 heteroatoms. The van der Waals surface area contributed by atoms with Crippen LogP contribution in [-0.2, 0) is 4.79 Å². The zero-order valence-corrected chi connectivity index (χ0v) is 10.2. The van der Waals surface area contributed by atoms with Gasteiger partial charge in [-0.25, -0.2) is 4.79 Å². The Morgan fingerprint density at radius 1 is 1.35 bits per heavy atom. The molecule has 1 aliphatic rings. The third-order valence-corrected chi connectivity index (χ3v) is 3.03. The summed E-state index contributed by atoms with van der Waals surface area (Å²) in [5, 5.41) is 9.24. The van der Waals surface area contributed by atoms with Crippen molar-refractivity contribution in [2.45, 2.75) is 17.7 Å². The van der Waals surface area contributed by atoms with Gasteiger partial charge in [-0.15, -0.1) is 11.6 Å². The molecule has 0 amide bonds. The van der Waals surface area contributed by atoms with Crippen molar-refractivity contribution < 1.29 is 9.90 Å². The van der Waals surface area contributed by atoms with Gasteiger partial charge in [0.2, 0.25) is 0 Å². The summed E-state index contributed by atoms with van der Waals surface area (Å²) in [7, 11) is 0. The van der Waals surface area contributed by atoms with Gasteiger partial charge < -0.3 is 5.11 Å². The maximum absolute atomic E-state index is 11.3. The first-order chi connectivity index (χ1) is 7.99. The Hall–Kier alpha value is -1.54. The van der Waals surface area contributed by atoms with Gasteiger partial charge in [-0.05, 0) is 18.6 Å². The fourth-order valence-electron chi connectivity index (χ4n) is 1.98. The Morgan fingerprint density at radius 3 is 2.59 bits per heavy atom. The van der Waals surface area contributed by atoms with Gasteiger partial charge in [0, 0.05) is 11.5 Å². The maximum atomic E-state index is 11.3. The average Bonchev–Trinajstić information content (AvgIpc) is 2.29. The molecule has 0 aromatic heterocycles.